The first-order valence-corrected chi connectivity index (χ1v) is 9.96. The second-order valence-electron chi connectivity index (χ2n) is 6.92. The van der Waals surface area contributed by atoms with Gasteiger partial charge in [0, 0.05) is 30.2 Å². The molecular weight excluding hydrogens is 392 g/mol. The lowest BCUT2D eigenvalue weighted by Crippen LogP contribution is -2.35. The molecule has 1 unspecified atom stereocenters. The minimum atomic E-state index is -0.577. The predicted molar refractivity (Wildman–Crippen MR) is 111 cm³/mol. The maximum atomic E-state index is 12.9. The first-order chi connectivity index (χ1) is 14.1. The predicted octanol–water partition coefficient (Wildman–Crippen LogP) is 3.21. The van der Waals surface area contributed by atoms with Crippen LogP contribution in [0.25, 0.3) is 0 Å². The summed E-state index contributed by atoms with van der Waals surface area (Å²) in [5.74, 6) is -0.682. The van der Waals surface area contributed by atoms with Gasteiger partial charge in [-0.05, 0) is 29.3 Å². The second kappa shape index (κ2) is 10.4. The molecule has 1 saturated heterocycles. The highest BCUT2D eigenvalue weighted by atomic mass is 35.5. The third kappa shape index (κ3) is 6.03. The molecule has 6 nitrogen and oxygen atoms in total. The lowest BCUT2D eigenvalue weighted by Gasteiger charge is -2.26. The summed E-state index contributed by atoms with van der Waals surface area (Å²) in [5, 5.41) is 3.42. The number of carbonyl (C=O) groups is 2. The van der Waals surface area contributed by atoms with Crippen LogP contribution in [0, 0.1) is 0 Å². The number of hydrogen-bond acceptors (Lipinski definition) is 5. The zero-order chi connectivity index (χ0) is 20.6. The van der Waals surface area contributed by atoms with Gasteiger partial charge in [-0.25, -0.2) is 0 Å². The highest BCUT2D eigenvalue weighted by Crippen LogP contribution is 2.26. The molecule has 1 atom stereocenters. The van der Waals surface area contributed by atoms with E-state index in [4.69, 9.17) is 21.1 Å². The molecule has 7 heteroatoms. The normalized spacial score (nSPS) is 15.5. The van der Waals surface area contributed by atoms with Crippen LogP contribution in [0.15, 0.2) is 48.5 Å². The average molecular weight is 417 g/mol. The molecule has 154 valence electrons. The van der Waals surface area contributed by atoms with Crippen LogP contribution in [-0.4, -0.2) is 50.2 Å². The van der Waals surface area contributed by atoms with Gasteiger partial charge in [0.15, 0.2) is 0 Å². The average Bonchev–Trinajstić information content (AvgIpc) is 2.74. The molecule has 2 aromatic rings. The number of esters is 1. The molecule has 2 aromatic carbocycles. The maximum absolute atomic E-state index is 12.9. The lowest BCUT2D eigenvalue weighted by atomic mass is 10.0. The highest BCUT2D eigenvalue weighted by molar-refractivity contribution is 6.31. The molecule has 29 heavy (non-hydrogen) atoms. The number of ether oxygens (including phenoxy) is 2. The summed E-state index contributed by atoms with van der Waals surface area (Å²) in [6.07, 6.45) is -0.000554. The van der Waals surface area contributed by atoms with Gasteiger partial charge in [0.1, 0.15) is 0 Å². The summed E-state index contributed by atoms with van der Waals surface area (Å²) < 4.78 is 10.2. The Balaban J connectivity index is 1.74. The molecule has 1 aliphatic heterocycles. The van der Waals surface area contributed by atoms with Crippen molar-refractivity contribution in [1.82, 2.24) is 10.2 Å². The smallest absolute Gasteiger partial charge is 0.307 e. The van der Waals surface area contributed by atoms with Crippen molar-refractivity contribution in [3.05, 3.63) is 70.2 Å². The summed E-state index contributed by atoms with van der Waals surface area (Å²) in [4.78, 5) is 27.1. The van der Waals surface area contributed by atoms with E-state index in [1.165, 1.54) is 7.11 Å². The van der Waals surface area contributed by atoms with Crippen LogP contribution in [0.3, 0.4) is 0 Å². The van der Waals surface area contributed by atoms with Crippen molar-refractivity contribution in [3.8, 4) is 0 Å². The Bertz CT molecular complexity index is 852. The van der Waals surface area contributed by atoms with Crippen molar-refractivity contribution in [2.75, 3.05) is 33.4 Å². The largest absolute Gasteiger partial charge is 0.469 e. The number of halogens is 1. The SMILES string of the molecule is COC(=O)CC(NC(=O)c1cccc(CN2CCOCC2)c1)c1ccccc1Cl. The molecule has 1 aliphatic rings. The van der Waals surface area contributed by atoms with Crippen molar-refractivity contribution in [2.45, 2.75) is 19.0 Å². The van der Waals surface area contributed by atoms with E-state index in [0.717, 1.165) is 38.4 Å². The second-order valence-corrected chi connectivity index (χ2v) is 7.32. The van der Waals surface area contributed by atoms with Gasteiger partial charge in [-0.3, -0.25) is 14.5 Å². The Morgan fingerprint density at radius 3 is 2.66 bits per heavy atom. The molecule has 1 fully saturated rings. The van der Waals surface area contributed by atoms with Crippen molar-refractivity contribution < 1.29 is 19.1 Å². The molecule has 0 saturated carbocycles. The van der Waals surface area contributed by atoms with E-state index in [-0.39, 0.29) is 12.3 Å². The fraction of sp³-hybridized carbons (Fsp3) is 0.364. The zero-order valence-electron chi connectivity index (χ0n) is 16.4. The van der Waals surface area contributed by atoms with E-state index in [0.29, 0.717) is 16.1 Å². The molecule has 0 bridgehead atoms. The monoisotopic (exact) mass is 416 g/mol. The number of amides is 1. The summed E-state index contributed by atoms with van der Waals surface area (Å²) in [6.45, 7) is 3.98. The van der Waals surface area contributed by atoms with Crippen LogP contribution in [-0.2, 0) is 20.8 Å². The number of nitrogens with one attached hydrogen (secondary N) is 1. The first-order valence-electron chi connectivity index (χ1n) is 9.58. The number of hydrogen-bond donors (Lipinski definition) is 1. The van der Waals surface area contributed by atoms with E-state index < -0.39 is 12.0 Å². The summed E-state index contributed by atoms with van der Waals surface area (Å²) in [5.41, 5.74) is 2.27. The Kier molecular flexibility index (Phi) is 7.63. The van der Waals surface area contributed by atoms with Gasteiger partial charge in [0.2, 0.25) is 0 Å². The standard InChI is InChI=1S/C22H25ClN2O4/c1-28-21(26)14-20(18-7-2-3-8-19(18)23)24-22(27)17-6-4-5-16(13-17)15-25-9-11-29-12-10-25/h2-8,13,20H,9-12,14-15H2,1H3,(H,24,27). The molecule has 1 amide bonds. The molecule has 1 heterocycles. The maximum Gasteiger partial charge on any atom is 0.307 e. The topological polar surface area (TPSA) is 67.9 Å². The fourth-order valence-electron chi connectivity index (χ4n) is 3.32. The van der Waals surface area contributed by atoms with E-state index >= 15 is 0 Å². The highest BCUT2D eigenvalue weighted by Gasteiger charge is 2.22. The van der Waals surface area contributed by atoms with Crippen LogP contribution in [0.2, 0.25) is 5.02 Å². The quantitative estimate of drug-likeness (QED) is 0.702. The molecule has 0 spiro atoms. The summed E-state index contributed by atoms with van der Waals surface area (Å²) in [6, 6.07) is 14.1. The number of methoxy groups -OCH3 is 1. The van der Waals surface area contributed by atoms with Gasteiger partial charge in [-0.15, -0.1) is 0 Å². The Labute approximate surface area is 175 Å². The molecule has 0 aromatic heterocycles. The van der Waals surface area contributed by atoms with Gasteiger partial charge in [0.25, 0.3) is 5.91 Å². The van der Waals surface area contributed by atoms with E-state index in [1.54, 1.807) is 24.3 Å². The van der Waals surface area contributed by atoms with Crippen molar-refractivity contribution in [1.29, 1.82) is 0 Å². The van der Waals surface area contributed by atoms with Crippen molar-refractivity contribution in [3.63, 3.8) is 0 Å². The number of nitrogens with zero attached hydrogens (tertiary/aromatic N) is 1. The third-order valence-electron chi connectivity index (χ3n) is 4.88. The van der Waals surface area contributed by atoms with Crippen LogP contribution < -0.4 is 5.32 Å². The minimum absolute atomic E-state index is 0.000554. The van der Waals surface area contributed by atoms with Crippen LogP contribution in [0.5, 0.6) is 0 Å². The molecule has 3 rings (SSSR count). The summed E-state index contributed by atoms with van der Waals surface area (Å²) in [7, 11) is 1.32. The Morgan fingerprint density at radius 1 is 1.17 bits per heavy atom. The van der Waals surface area contributed by atoms with Gasteiger partial charge in [0.05, 0.1) is 32.8 Å². The van der Waals surface area contributed by atoms with E-state index in [9.17, 15) is 9.59 Å². The number of morpholine rings is 1. The molecule has 1 N–H and O–H groups in total. The van der Waals surface area contributed by atoms with Crippen LogP contribution >= 0.6 is 11.6 Å². The van der Waals surface area contributed by atoms with Crippen molar-refractivity contribution >= 4 is 23.5 Å². The molecule has 0 aliphatic carbocycles. The minimum Gasteiger partial charge on any atom is -0.469 e. The summed E-state index contributed by atoms with van der Waals surface area (Å²) >= 11 is 6.29. The van der Waals surface area contributed by atoms with Gasteiger partial charge >= 0.3 is 5.97 Å². The van der Waals surface area contributed by atoms with Crippen LogP contribution in [0.1, 0.15) is 33.9 Å². The zero-order valence-corrected chi connectivity index (χ0v) is 17.2. The van der Waals surface area contributed by atoms with E-state index in [1.807, 2.05) is 24.3 Å². The Hall–Kier alpha value is -2.41. The first kappa shape index (κ1) is 21.3. The third-order valence-corrected chi connectivity index (χ3v) is 5.23. The van der Waals surface area contributed by atoms with Gasteiger partial charge in [-0.1, -0.05) is 41.9 Å². The number of carbonyl (C=O) groups excluding carboxylic acids is 2. The molecular formula is C22H25ClN2O4. The fourth-order valence-corrected chi connectivity index (χ4v) is 3.58. The number of rotatable bonds is 7. The lowest BCUT2D eigenvalue weighted by molar-refractivity contribution is -0.141. The van der Waals surface area contributed by atoms with Crippen molar-refractivity contribution in [2.24, 2.45) is 0 Å². The van der Waals surface area contributed by atoms with Crippen LogP contribution in [0.4, 0.5) is 0 Å². The molecule has 0 radical (unpaired) electrons. The Morgan fingerprint density at radius 2 is 1.93 bits per heavy atom. The number of benzene rings is 2. The van der Waals surface area contributed by atoms with Gasteiger partial charge < -0.3 is 14.8 Å². The van der Waals surface area contributed by atoms with E-state index in [2.05, 4.69) is 10.2 Å². The van der Waals surface area contributed by atoms with Gasteiger partial charge in [-0.2, -0.15) is 0 Å².